The lowest BCUT2D eigenvalue weighted by Gasteiger charge is -2.45. The normalized spacial score (nSPS) is 17.1. The number of methoxy groups -OCH3 is 2. The summed E-state index contributed by atoms with van der Waals surface area (Å²) in [5, 5.41) is 2.76. The molecule has 0 amide bonds. The van der Waals surface area contributed by atoms with E-state index in [1.807, 2.05) is 0 Å². The SMILES string of the molecule is COC(=O)C1=C(OC)OC(C[Si](c2ccccc2)(c2ccccc2)C(C)(C)C)C1. The van der Waals surface area contributed by atoms with E-state index >= 15 is 0 Å². The minimum Gasteiger partial charge on any atom is -0.468 e. The van der Waals surface area contributed by atoms with E-state index in [4.69, 9.17) is 14.2 Å². The van der Waals surface area contributed by atoms with Crippen molar-refractivity contribution in [1.82, 2.24) is 0 Å². The lowest BCUT2D eigenvalue weighted by molar-refractivity contribution is -0.136. The average molecular weight is 411 g/mol. The Hall–Kier alpha value is -2.53. The van der Waals surface area contributed by atoms with Crippen LogP contribution in [0.25, 0.3) is 0 Å². The standard InChI is InChI=1S/C24H30O4Si/c1-24(2,3)29(19-12-8-6-9-13-19,20-14-10-7-11-15-20)17-18-16-21(22(25)26-4)23(27-5)28-18/h6-15,18H,16-17H2,1-5H3. The molecule has 1 aliphatic rings. The van der Waals surface area contributed by atoms with Gasteiger partial charge >= 0.3 is 5.97 Å². The van der Waals surface area contributed by atoms with Crippen molar-refractivity contribution >= 4 is 24.4 Å². The quantitative estimate of drug-likeness (QED) is 0.536. The first-order valence-corrected chi connectivity index (χ1v) is 12.2. The Morgan fingerprint density at radius 2 is 1.52 bits per heavy atom. The van der Waals surface area contributed by atoms with Crippen LogP contribution in [0.15, 0.2) is 72.2 Å². The molecule has 2 aromatic carbocycles. The summed E-state index contributed by atoms with van der Waals surface area (Å²) < 4.78 is 16.4. The second-order valence-electron chi connectivity index (χ2n) is 8.50. The van der Waals surface area contributed by atoms with Crippen LogP contribution < -0.4 is 10.4 Å². The van der Waals surface area contributed by atoms with E-state index in [1.165, 1.54) is 24.6 Å². The maximum absolute atomic E-state index is 12.2. The second kappa shape index (κ2) is 8.45. The zero-order valence-corrected chi connectivity index (χ0v) is 18.9. The number of carbonyl (C=O) groups is 1. The van der Waals surface area contributed by atoms with Crippen LogP contribution in [0.4, 0.5) is 0 Å². The summed E-state index contributed by atoms with van der Waals surface area (Å²) in [6.07, 6.45) is 0.366. The molecule has 0 N–H and O–H groups in total. The fourth-order valence-corrected chi connectivity index (χ4v) is 10.1. The van der Waals surface area contributed by atoms with Crippen LogP contribution in [0, 0.1) is 0 Å². The third-order valence-corrected chi connectivity index (χ3v) is 12.2. The fraction of sp³-hybridized carbons (Fsp3) is 0.375. The van der Waals surface area contributed by atoms with E-state index in [2.05, 4.69) is 81.4 Å². The molecule has 1 unspecified atom stereocenters. The molecule has 0 saturated heterocycles. The summed E-state index contributed by atoms with van der Waals surface area (Å²) >= 11 is 0. The first-order chi connectivity index (χ1) is 13.8. The topological polar surface area (TPSA) is 44.8 Å². The summed E-state index contributed by atoms with van der Waals surface area (Å²) in [7, 11) is 0.628. The van der Waals surface area contributed by atoms with Crippen molar-refractivity contribution in [3.05, 3.63) is 72.2 Å². The van der Waals surface area contributed by atoms with Gasteiger partial charge in [0, 0.05) is 6.42 Å². The number of ether oxygens (including phenoxy) is 3. The van der Waals surface area contributed by atoms with Gasteiger partial charge < -0.3 is 14.2 Å². The molecular formula is C24H30O4Si. The van der Waals surface area contributed by atoms with Crippen LogP contribution in [0.1, 0.15) is 27.2 Å². The minimum atomic E-state index is -2.29. The van der Waals surface area contributed by atoms with Gasteiger partial charge in [0.05, 0.1) is 14.2 Å². The summed E-state index contributed by atoms with van der Waals surface area (Å²) in [4.78, 5) is 12.2. The number of benzene rings is 2. The molecule has 0 aliphatic carbocycles. The summed E-state index contributed by atoms with van der Waals surface area (Å²) in [6.45, 7) is 6.96. The predicted octanol–water partition coefficient (Wildman–Crippen LogP) is 3.87. The fourth-order valence-electron chi connectivity index (χ4n) is 4.51. The molecule has 0 radical (unpaired) electrons. The molecule has 0 saturated carbocycles. The Kier molecular flexibility index (Phi) is 6.17. The molecule has 0 fully saturated rings. The van der Waals surface area contributed by atoms with Crippen molar-refractivity contribution in [1.29, 1.82) is 0 Å². The zero-order chi connectivity index (χ0) is 21.1. The Labute approximate surface area is 174 Å². The highest BCUT2D eigenvalue weighted by Gasteiger charge is 2.50. The molecule has 0 aromatic heterocycles. The van der Waals surface area contributed by atoms with Gasteiger partial charge in [-0.1, -0.05) is 91.8 Å². The first kappa shape index (κ1) is 21.2. The Morgan fingerprint density at radius 3 is 1.93 bits per heavy atom. The van der Waals surface area contributed by atoms with E-state index in [-0.39, 0.29) is 17.1 Å². The van der Waals surface area contributed by atoms with Crippen molar-refractivity contribution < 1.29 is 19.0 Å². The van der Waals surface area contributed by atoms with Gasteiger partial charge in [0.15, 0.2) is 0 Å². The van der Waals surface area contributed by atoms with E-state index in [0.717, 1.165) is 6.04 Å². The molecular weight excluding hydrogens is 380 g/mol. The number of carbonyl (C=O) groups excluding carboxylic acids is 1. The van der Waals surface area contributed by atoms with Crippen molar-refractivity contribution in [2.45, 2.75) is 44.4 Å². The summed E-state index contributed by atoms with van der Waals surface area (Å²) in [5.41, 5.74) is 0.484. The van der Waals surface area contributed by atoms with E-state index in [9.17, 15) is 4.79 Å². The number of esters is 1. The summed E-state index contributed by atoms with van der Waals surface area (Å²) in [6, 6.07) is 22.4. The highest BCUT2D eigenvalue weighted by molar-refractivity contribution is 7.04. The second-order valence-corrected chi connectivity index (χ2v) is 13.4. The molecule has 3 rings (SSSR count). The zero-order valence-electron chi connectivity index (χ0n) is 17.9. The van der Waals surface area contributed by atoms with Crippen molar-refractivity contribution in [3.63, 3.8) is 0 Å². The van der Waals surface area contributed by atoms with E-state index in [1.54, 1.807) is 0 Å². The average Bonchev–Trinajstić information content (AvgIpc) is 3.14. The third-order valence-electron chi connectivity index (χ3n) is 5.92. The molecule has 0 spiro atoms. The molecule has 1 aliphatic heterocycles. The Bertz CT molecular complexity index is 829. The molecule has 0 bridgehead atoms. The highest BCUT2D eigenvalue weighted by atomic mass is 28.3. The number of hydrogen-bond donors (Lipinski definition) is 0. The van der Waals surface area contributed by atoms with Crippen molar-refractivity contribution in [2.75, 3.05) is 14.2 Å². The van der Waals surface area contributed by atoms with Crippen LogP contribution in [0.5, 0.6) is 0 Å². The molecule has 1 heterocycles. The maximum Gasteiger partial charge on any atom is 0.341 e. The van der Waals surface area contributed by atoms with Gasteiger partial charge in [-0.25, -0.2) is 4.79 Å². The molecule has 1 atom stereocenters. The molecule has 5 heteroatoms. The molecule has 29 heavy (non-hydrogen) atoms. The molecule has 2 aromatic rings. The van der Waals surface area contributed by atoms with Crippen LogP contribution in [0.2, 0.25) is 11.1 Å². The van der Waals surface area contributed by atoms with Crippen molar-refractivity contribution in [3.8, 4) is 0 Å². The summed E-state index contributed by atoms with van der Waals surface area (Å²) in [5.74, 6) is -0.0911. The van der Waals surface area contributed by atoms with E-state index in [0.29, 0.717) is 17.9 Å². The van der Waals surface area contributed by atoms with Crippen LogP contribution in [0.3, 0.4) is 0 Å². The van der Waals surface area contributed by atoms with E-state index < -0.39 is 8.07 Å². The maximum atomic E-state index is 12.2. The van der Waals surface area contributed by atoms with Gasteiger partial charge in [-0.15, -0.1) is 0 Å². The van der Waals surface area contributed by atoms with Gasteiger partial charge in [-0.05, 0) is 11.1 Å². The van der Waals surface area contributed by atoms with Gasteiger partial charge in [0.1, 0.15) is 19.8 Å². The predicted molar refractivity (Wildman–Crippen MR) is 118 cm³/mol. The first-order valence-electron chi connectivity index (χ1n) is 9.96. The Morgan fingerprint density at radius 1 is 1.00 bits per heavy atom. The highest BCUT2D eigenvalue weighted by Crippen LogP contribution is 2.42. The smallest absolute Gasteiger partial charge is 0.341 e. The molecule has 154 valence electrons. The monoisotopic (exact) mass is 410 g/mol. The van der Waals surface area contributed by atoms with Gasteiger partial charge in [-0.2, -0.15) is 0 Å². The van der Waals surface area contributed by atoms with Crippen LogP contribution in [-0.2, 0) is 19.0 Å². The largest absolute Gasteiger partial charge is 0.468 e. The Balaban J connectivity index is 2.07. The van der Waals surface area contributed by atoms with Gasteiger partial charge in [0.2, 0.25) is 0 Å². The minimum absolute atomic E-state index is 0.0281. The van der Waals surface area contributed by atoms with Gasteiger partial charge in [-0.3, -0.25) is 0 Å². The lowest BCUT2D eigenvalue weighted by Crippen LogP contribution is -2.65. The van der Waals surface area contributed by atoms with Crippen molar-refractivity contribution in [2.24, 2.45) is 0 Å². The van der Waals surface area contributed by atoms with Crippen LogP contribution in [-0.4, -0.2) is 34.4 Å². The number of hydrogen-bond acceptors (Lipinski definition) is 4. The third kappa shape index (κ3) is 3.97. The van der Waals surface area contributed by atoms with Crippen LogP contribution >= 0.6 is 0 Å². The number of rotatable bonds is 6. The molecule has 4 nitrogen and oxygen atoms in total. The van der Waals surface area contributed by atoms with Gasteiger partial charge in [0.25, 0.3) is 5.95 Å². The lowest BCUT2D eigenvalue weighted by atomic mass is 10.1.